The average molecular weight is 214 g/mol. The summed E-state index contributed by atoms with van der Waals surface area (Å²) in [6.07, 6.45) is 4.99. The van der Waals surface area contributed by atoms with Gasteiger partial charge in [0, 0.05) is 19.7 Å². The summed E-state index contributed by atoms with van der Waals surface area (Å²) < 4.78 is 5.25. The Labute approximate surface area is 94.0 Å². The fourth-order valence-corrected chi connectivity index (χ4v) is 2.64. The maximum Gasteiger partial charge on any atom is 0.0502 e. The number of hydrogen-bond donors (Lipinski definition) is 1. The number of ether oxygens (including phenoxy) is 1. The summed E-state index contributed by atoms with van der Waals surface area (Å²) in [5, 5.41) is 0. The van der Waals surface area contributed by atoms with Crippen LogP contribution in [0.4, 0.5) is 0 Å². The van der Waals surface area contributed by atoms with Gasteiger partial charge in [-0.05, 0) is 44.7 Å². The first-order valence-electron chi connectivity index (χ1n) is 6.24. The molecule has 3 heteroatoms. The van der Waals surface area contributed by atoms with Crippen molar-refractivity contribution in [3.05, 3.63) is 0 Å². The van der Waals surface area contributed by atoms with Crippen molar-refractivity contribution in [2.75, 3.05) is 33.4 Å². The predicted octanol–water partition coefficient (Wildman–Crippen LogP) is 1.47. The number of nitrogens with zero attached hydrogens (tertiary/aromatic N) is 1. The fraction of sp³-hybridized carbons (Fsp3) is 1.00. The first-order valence-corrected chi connectivity index (χ1v) is 6.24. The highest BCUT2D eigenvalue weighted by Gasteiger charge is 2.24. The lowest BCUT2D eigenvalue weighted by Gasteiger charge is -2.37. The van der Waals surface area contributed by atoms with Crippen LogP contribution in [-0.4, -0.2) is 44.3 Å². The third kappa shape index (κ3) is 4.09. The van der Waals surface area contributed by atoms with E-state index in [1.807, 2.05) is 0 Å². The molecule has 0 aromatic carbocycles. The zero-order chi connectivity index (χ0) is 11.1. The molecule has 2 atom stereocenters. The van der Waals surface area contributed by atoms with Gasteiger partial charge in [-0.15, -0.1) is 0 Å². The van der Waals surface area contributed by atoms with Crippen LogP contribution in [-0.2, 0) is 4.74 Å². The maximum atomic E-state index is 5.65. The predicted molar refractivity (Wildman–Crippen MR) is 63.9 cm³/mol. The first kappa shape index (κ1) is 12.9. The Kier molecular flexibility index (Phi) is 6.22. The molecule has 1 heterocycles. The number of hydrogen-bond acceptors (Lipinski definition) is 3. The monoisotopic (exact) mass is 214 g/mol. The van der Waals surface area contributed by atoms with Crippen LogP contribution in [0.2, 0.25) is 0 Å². The summed E-state index contributed by atoms with van der Waals surface area (Å²) in [5.74, 6) is 0.732. The van der Waals surface area contributed by atoms with Crippen molar-refractivity contribution in [1.29, 1.82) is 0 Å². The zero-order valence-electron chi connectivity index (χ0n) is 10.2. The van der Waals surface area contributed by atoms with Crippen molar-refractivity contribution in [3.8, 4) is 0 Å². The Bertz CT molecular complexity index is 162. The number of rotatable bonds is 6. The SMILES string of the molecule is CCC(CCN)N1CCCC(COC)C1. The topological polar surface area (TPSA) is 38.5 Å². The summed E-state index contributed by atoms with van der Waals surface area (Å²) in [7, 11) is 1.80. The average Bonchev–Trinajstić information content (AvgIpc) is 2.27. The van der Waals surface area contributed by atoms with Gasteiger partial charge in [-0.2, -0.15) is 0 Å². The molecule has 90 valence electrons. The normalized spacial score (nSPS) is 25.4. The molecule has 0 spiro atoms. The number of methoxy groups -OCH3 is 1. The molecule has 1 saturated heterocycles. The van der Waals surface area contributed by atoms with Gasteiger partial charge in [0.1, 0.15) is 0 Å². The molecule has 1 fully saturated rings. The van der Waals surface area contributed by atoms with Crippen LogP contribution in [0.1, 0.15) is 32.6 Å². The highest BCUT2D eigenvalue weighted by atomic mass is 16.5. The van der Waals surface area contributed by atoms with Gasteiger partial charge < -0.3 is 10.5 Å². The second-order valence-electron chi connectivity index (χ2n) is 4.60. The van der Waals surface area contributed by atoms with Crippen molar-refractivity contribution in [2.45, 2.75) is 38.6 Å². The molecule has 15 heavy (non-hydrogen) atoms. The second-order valence-corrected chi connectivity index (χ2v) is 4.60. The Hall–Kier alpha value is -0.120. The first-order chi connectivity index (χ1) is 7.31. The Balaban J connectivity index is 2.39. The lowest BCUT2D eigenvalue weighted by atomic mass is 9.96. The Morgan fingerprint density at radius 2 is 2.33 bits per heavy atom. The van der Waals surface area contributed by atoms with Gasteiger partial charge in [0.2, 0.25) is 0 Å². The summed E-state index contributed by atoms with van der Waals surface area (Å²) in [5.41, 5.74) is 5.65. The third-order valence-corrected chi connectivity index (χ3v) is 3.44. The summed E-state index contributed by atoms with van der Waals surface area (Å²) in [4.78, 5) is 2.61. The van der Waals surface area contributed by atoms with Gasteiger partial charge >= 0.3 is 0 Å². The van der Waals surface area contributed by atoms with E-state index in [-0.39, 0.29) is 0 Å². The molecule has 0 aliphatic carbocycles. The molecule has 0 amide bonds. The van der Waals surface area contributed by atoms with Crippen LogP contribution in [0.3, 0.4) is 0 Å². The van der Waals surface area contributed by atoms with E-state index in [9.17, 15) is 0 Å². The van der Waals surface area contributed by atoms with Crippen molar-refractivity contribution in [3.63, 3.8) is 0 Å². The molecule has 2 N–H and O–H groups in total. The van der Waals surface area contributed by atoms with Crippen molar-refractivity contribution >= 4 is 0 Å². The van der Waals surface area contributed by atoms with Gasteiger partial charge in [0.25, 0.3) is 0 Å². The number of piperidine rings is 1. The van der Waals surface area contributed by atoms with Gasteiger partial charge in [-0.25, -0.2) is 0 Å². The van der Waals surface area contributed by atoms with E-state index in [0.717, 1.165) is 25.5 Å². The summed E-state index contributed by atoms with van der Waals surface area (Å²) in [6, 6.07) is 0.689. The molecule has 0 saturated carbocycles. The van der Waals surface area contributed by atoms with E-state index in [1.54, 1.807) is 7.11 Å². The van der Waals surface area contributed by atoms with Crippen LogP contribution in [0.15, 0.2) is 0 Å². The molecule has 1 rings (SSSR count). The lowest BCUT2D eigenvalue weighted by molar-refractivity contribution is 0.0650. The molecule has 1 aliphatic rings. The summed E-state index contributed by atoms with van der Waals surface area (Å²) >= 11 is 0. The highest BCUT2D eigenvalue weighted by Crippen LogP contribution is 2.20. The third-order valence-electron chi connectivity index (χ3n) is 3.44. The minimum atomic E-state index is 0.689. The minimum Gasteiger partial charge on any atom is -0.384 e. The standard InChI is InChI=1S/C12H26N2O/c1-3-12(6-7-13)14-8-4-5-11(9-14)10-15-2/h11-12H,3-10,13H2,1-2H3. The van der Waals surface area contributed by atoms with E-state index in [1.165, 1.54) is 32.4 Å². The van der Waals surface area contributed by atoms with E-state index in [0.29, 0.717) is 6.04 Å². The van der Waals surface area contributed by atoms with E-state index < -0.39 is 0 Å². The highest BCUT2D eigenvalue weighted by molar-refractivity contribution is 4.78. The van der Waals surface area contributed by atoms with E-state index >= 15 is 0 Å². The number of likely N-dealkylation sites (tertiary alicyclic amines) is 1. The second kappa shape index (κ2) is 7.20. The number of nitrogens with two attached hydrogens (primary N) is 1. The summed E-state index contributed by atoms with van der Waals surface area (Å²) in [6.45, 7) is 6.44. The van der Waals surface area contributed by atoms with E-state index in [4.69, 9.17) is 10.5 Å². The van der Waals surface area contributed by atoms with Crippen LogP contribution in [0.5, 0.6) is 0 Å². The van der Waals surface area contributed by atoms with Gasteiger partial charge in [-0.1, -0.05) is 6.92 Å². The molecule has 0 aromatic heterocycles. The van der Waals surface area contributed by atoms with Crippen LogP contribution in [0.25, 0.3) is 0 Å². The molecular formula is C12H26N2O. The molecule has 0 aromatic rings. The molecule has 0 radical (unpaired) electrons. The van der Waals surface area contributed by atoms with E-state index in [2.05, 4.69) is 11.8 Å². The zero-order valence-corrected chi connectivity index (χ0v) is 10.2. The fourth-order valence-electron chi connectivity index (χ4n) is 2.64. The minimum absolute atomic E-state index is 0.689. The van der Waals surface area contributed by atoms with Crippen molar-refractivity contribution < 1.29 is 4.74 Å². The van der Waals surface area contributed by atoms with Gasteiger partial charge in [0.05, 0.1) is 6.61 Å². The molecule has 1 aliphatic heterocycles. The quantitative estimate of drug-likeness (QED) is 0.728. The van der Waals surface area contributed by atoms with Gasteiger partial charge in [-0.3, -0.25) is 4.90 Å². The lowest BCUT2D eigenvalue weighted by Crippen LogP contribution is -2.44. The molecular weight excluding hydrogens is 188 g/mol. The largest absolute Gasteiger partial charge is 0.384 e. The van der Waals surface area contributed by atoms with Crippen molar-refractivity contribution in [1.82, 2.24) is 4.90 Å². The Morgan fingerprint density at radius 1 is 1.53 bits per heavy atom. The van der Waals surface area contributed by atoms with Gasteiger partial charge in [0.15, 0.2) is 0 Å². The Morgan fingerprint density at radius 3 is 2.93 bits per heavy atom. The van der Waals surface area contributed by atoms with Crippen LogP contribution in [0, 0.1) is 5.92 Å². The van der Waals surface area contributed by atoms with Crippen LogP contribution >= 0.6 is 0 Å². The smallest absolute Gasteiger partial charge is 0.0502 e. The molecule has 3 nitrogen and oxygen atoms in total. The molecule has 2 unspecified atom stereocenters. The molecule has 0 bridgehead atoms. The maximum absolute atomic E-state index is 5.65. The van der Waals surface area contributed by atoms with Crippen molar-refractivity contribution in [2.24, 2.45) is 11.7 Å². The van der Waals surface area contributed by atoms with Crippen LogP contribution < -0.4 is 5.73 Å².